The monoisotopic (exact) mass is 585 g/mol. The van der Waals surface area contributed by atoms with Crippen LogP contribution in [0.3, 0.4) is 0 Å². The van der Waals surface area contributed by atoms with Crippen molar-refractivity contribution < 1.29 is 13.9 Å². The zero-order valence-electron chi connectivity index (χ0n) is 20.5. The SMILES string of the molecule is CCCCc1nc2ccc(Br)cc2c(=O)n1N=Cc1cc(Cl)c(OCc2ccccc2F)c(OCC)c1. The summed E-state index contributed by atoms with van der Waals surface area (Å²) in [6, 6.07) is 15.2. The summed E-state index contributed by atoms with van der Waals surface area (Å²) >= 11 is 9.96. The molecule has 0 aliphatic carbocycles. The summed E-state index contributed by atoms with van der Waals surface area (Å²) in [5.41, 5.74) is 1.38. The van der Waals surface area contributed by atoms with Crippen LogP contribution in [-0.2, 0) is 13.0 Å². The molecule has 3 aromatic carbocycles. The predicted molar refractivity (Wildman–Crippen MR) is 149 cm³/mol. The van der Waals surface area contributed by atoms with Crippen molar-refractivity contribution in [2.45, 2.75) is 39.7 Å². The van der Waals surface area contributed by atoms with Gasteiger partial charge in [0.1, 0.15) is 18.2 Å². The summed E-state index contributed by atoms with van der Waals surface area (Å²) < 4.78 is 27.7. The van der Waals surface area contributed by atoms with Gasteiger partial charge in [-0.2, -0.15) is 9.78 Å². The van der Waals surface area contributed by atoms with E-state index < -0.39 is 0 Å². The Morgan fingerprint density at radius 2 is 1.95 bits per heavy atom. The molecule has 0 radical (unpaired) electrons. The highest BCUT2D eigenvalue weighted by Crippen LogP contribution is 2.37. The number of nitrogens with zero attached hydrogens (tertiary/aromatic N) is 3. The predicted octanol–water partition coefficient (Wildman–Crippen LogP) is 7.15. The standard InChI is InChI=1S/C28H26BrClFN3O3/c1-3-5-10-26-33-24-12-11-20(29)15-21(24)28(35)34(26)32-16-18-13-22(30)27(25(14-18)36-4-2)37-17-19-8-6-7-9-23(19)31/h6-9,11-16H,3-5,10,17H2,1-2H3. The van der Waals surface area contributed by atoms with Crippen LogP contribution in [0.4, 0.5) is 4.39 Å². The van der Waals surface area contributed by atoms with E-state index >= 15 is 0 Å². The van der Waals surface area contributed by atoms with Crippen LogP contribution in [0.25, 0.3) is 10.9 Å². The molecule has 0 spiro atoms. The maximum atomic E-state index is 14.0. The Hall–Kier alpha value is -3.23. The van der Waals surface area contributed by atoms with Crippen molar-refractivity contribution in [2.75, 3.05) is 6.61 Å². The first-order valence-corrected chi connectivity index (χ1v) is 13.2. The van der Waals surface area contributed by atoms with E-state index in [1.807, 2.05) is 19.1 Å². The fourth-order valence-electron chi connectivity index (χ4n) is 3.77. The molecule has 0 atom stereocenters. The molecule has 0 N–H and O–H groups in total. The zero-order valence-corrected chi connectivity index (χ0v) is 22.9. The van der Waals surface area contributed by atoms with E-state index in [4.69, 9.17) is 26.1 Å². The molecule has 37 heavy (non-hydrogen) atoms. The lowest BCUT2D eigenvalue weighted by atomic mass is 10.2. The average molecular weight is 587 g/mol. The van der Waals surface area contributed by atoms with Crippen LogP contribution in [0.15, 0.2) is 69.0 Å². The second-order valence-electron chi connectivity index (χ2n) is 8.30. The molecule has 0 aliphatic rings. The van der Waals surface area contributed by atoms with Gasteiger partial charge in [-0.25, -0.2) is 9.37 Å². The van der Waals surface area contributed by atoms with Crippen molar-refractivity contribution in [3.05, 3.63) is 97.2 Å². The molecule has 1 aromatic heterocycles. The quantitative estimate of drug-likeness (QED) is 0.185. The number of aromatic nitrogens is 2. The minimum absolute atomic E-state index is 0.00555. The van der Waals surface area contributed by atoms with Gasteiger partial charge < -0.3 is 9.47 Å². The second-order valence-corrected chi connectivity index (χ2v) is 9.62. The largest absolute Gasteiger partial charge is 0.490 e. The maximum absolute atomic E-state index is 14.0. The normalized spacial score (nSPS) is 11.4. The molecule has 0 unspecified atom stereocenters. The number of hydrogen-bond acceptors (Lipinski definition) is 5. The van der Waals surface area contributed by atoms with E-state index in [9.17, 15) is 9.18 Å². The molecule has 0 bridgehead atoms. The molecule has 1 heterocycles. The van der Waals surface area contributed by atoms with Gasteiger partial charge in [-0.1, -0.05) is 59.1 Å². The van der Waals surface area contributed by atoms with Crippen LogP contribution in [-0.4, -0.2) is 22.5 Å². The van der Waals surface area contributed by atoms with Crippen molar-refractivity contribution in [3.63, 3.8) is 0 Å². The van der Waals surface area contributed by atoms with Crippen molar-refractivity contribution in [3.8, 4) is 11.5 Å². The van der Waals surface area contributed by atoms with E-state index in [0.29, 0.717) is 52.4 Å². The van der Waals surface area contributed by atoms with E-state index in [1.54, 1.807) is 36.4 Å². The fourth-order valence-corrected chi connectivity index (χ4v) is 4.40. The number of rotatable bonds is 10. The fraction of sp³-hybridized carbons (Fsp3) is 0.250. The molecule has 9 heteroatoms. The lowest BCUT2D eigenvalue weighted by Crippen LogP contribution is -2.22. The Morgan fingerprint density at radius 3 is 2.70 bits per heavy atom. The van der Waals surface area contributed by atoms with Gasteiger partial charge in [-0.15, -0.1) is 0 Å². The van der Waals surface area contributed by atoms with Crippen molar-refractivity contribution in [1.29, 1.82) is 0 Å². The topological polar surface area (TPSA) is 65.7 Å². The minimum atomic E-state index is -0.360. The summed E-state index contributed by atoms with van der Waals surface area (Å²) in [5, 5.41) is 5.23. The molecule has 0 fully saturated rings. The van der Waals surface area contributed by atoms with Crippen LogP contribution in [0.2, 0.25) is 5.02 Å². The van der Waals surface area contributed by atoms with Gasteiger partial charge in [0.2, 0.25) is 0 Å². The zero-order chi connectivity index (χ0) is 26.4. The summed E-state index contributed by atoms with van der Waals surface area (Å²) in [6.45, 7) is 4.29. The summed E-state index contributed by atoms with van der Waals surface area (Å²) in [6.07, 6.45) is 3.98. The maximum Gasteiger partial charge on any atom is 0.282 e. The lowest BCUT2D eigenvalue weighted by Gasteiger charge is -2.15. The third kappa shape index (κ3) is 6.37. The average Bonchev–Trinajstić information content (AvgIpc) is 2.88. The molecular formula is C28H26BrClFN3O3. The molecule has 192 valence electrons. The van der Waals surface area contributed by atoms with Crippen LogP contribution < -0.4 is 15.0 Å². The number of benzene rings is 3. The van der Waals surface area contributed by atoms with E-state index in [0.717, 1.165) is 17.3 Å². The summed E-state index contributed by atoms with van der Waals surface area (Å²) in [5.74, 6) is 0.924. The number of unbranched alkanes of at least 4 members (excludes halogenated alkanes) is 1. The number of hydrogen-bond donors (Lipinski definition) is 0. The highest BCUT2D eigenvalue weighted by Gasteiger charge is 2.15. The van der Waals surface area contributed by atoms with Gasteiger partial charge in [0, 0.05) is 16.5 Å². The van der Waals surface area contributed by atoms with Crippen molar-refractivity contribution >= 4 is 44.6 Å². The van der Waals surface area contributed by atoms with Gasteiger partial charge in [-0.3, -0.25) is 4.79 Å². The molecular weight excluding hydrogens is 561 g/mol. The summed E-state index contributed by atoms with van der Waals surface area (Å²) in [7, 11) is 0. The van der Waals surface area contributed by atoms with Gasteiger partial charge in [0.15, 0.2) is 11.5 Å². The first-order valence-electron chi connectivity index (χ1n) is 12.0. The van der Waals surface area contributed by atoms with Gasteiger partial charge >= 0.3 is 0 Å². The van der Waals surface area contributed by atoms with Gasteiger partial charge in [0.05, 0.1) is 28.7 Å². The highest BCUT2D eigenvalue weighted by molar-refractivity contribution is 9.10. The Balaban J connectivity index is 1.70. The Kier molecular flexibility index (Phi) is 8.95. The third-order valence-corrected chi connectivity index (χ3v) is 6.39. The first kappa shape index (κ1) is 26.8. The Labute approximate surface area is 227 Å². The highest BCUT2D eigenvalue weighted by atomic mass is 79.9. The van der Waals surface area contributed by atoms with Crippen LogP contribution >= 0.6 is 27.5 Å². The van der Waals surface area contributed by atoms with Crippen LogP contribution in [0.5, 0.6) is 11.5 Å². The summed E-state index contributed by atoms with van der Waals surface area (Å²) in [4.78, 5) is 18.0. The van der Waals surface area contributed by atoms with Crippen LogP contribution in [0, 0.1) is 5.82 Å². The molecule has 0 saturated carbocycles. The number of aryl methyl sites for hydroxylation is 1. The van der Waals surface area contributed by atoms with Gasteiger partial charge in [0.25, 0.3) is 5.56 Å². The molecule has 0 saturated heterocycles. The van der Waals surface area contributed by atoms with Crippen molar-refractivity contribution in [2.24, 2.45) is 5.10 Å². The van der Waals surface area contributed by atoms with E-state index in [2.05, 4.69) is 28.0 Å². The Bertz CT molecular complexity index is 1510. The lowest BCUT2D eigenvalue weighted by molar-refractivity contribution is 0.266. The molecule has 0 amide bonds. The number of ether oxygens (including phenoxy) is 2. The number of halogens is 3. The van der Waals surface area contributed by atoms with Gasteiger partial charge in [-0.05, 0) is 55.3 Å². The van der Waals surface area contributed by atoms with Crippen molar-refractivity contribution in [1.82, 2.24) is 9.66 Å². The van der Waals surface area contributed by atoms with Crippen LogP contribution in [0.1, 0.15) is 43.6 Å². The third-order valence-electron chi connectivity index (χ3n) is 5.61. The smallest absolute Gasteiger partial charge is 0.282 e. The molecule has 0 aliphatic heterocycles. The number of fused-ring (bicyclic) bond motifs is 1. The first-order chi connectivity index (χ1) is 17.9. The molecule has 4 rings (SSSR count). The molecule has 4 aromatic rings. The molecule has 6 nitrogen and oxygen atoms in total. The second kappa shape index (κ2) is 12.3. The minimum Gasteiger partial charge on any atom is -0.490 e. The Morgan fingerprint density at radius 1 is 1.14 bits per heavy atom. The van der Waals surface area contributed by atoms with E-state index in [-0.39, 0.29) is 23.0 Å². The van der Waals surface area contributed by atoms with E-state index in [1.165, 1.54) is 17.0 Å².